The summed E-state index contributed by atoms with van der Waals surface area (Å²) in [6, 6.07) is 0. The topological polar surface area (TPSA) is 112 Å². The summed E-state index contributed by atoms with van der Waals surface area (Å²) in [6.45, 7) is 3.61. The normalized spacial score (nSPS) is 14.9. The third-order valence-corrected chi connectivity index (χ3v) is 2.18. The lowest BCUT2D eigenvalue weighted by atomic mass is 10.1. The standard InChI is InChI=1S/C9H15N3O3/c1-3-5-11-4(2)6(12-5)7(13)8(14)9(10)15/h7-8,13-14H,3H2,1-2H3,(H2,10,15)(H,11,12). The van der Waals surface area contributed by atoms with Crippen LogP contribution >= 0.6 is 0 Å². The average Bonchev–Trinajstić information content (AvgIpc) is 2.57. The summed E-state index contributed by atoms with van der Waals surface area (Å²) in [5.74, 6) is -0.277. The van der Waals surface area contributed by atoms with Crippen LogP contribution in [0.25, 0.3) is 0 Å². The van der Waals surface area contributed by atoms with Gasteiger partial charge in [0.15, 0.2) is 6.10 Å². The van der Waals surface area contributed by atoms with E-state index in [9.17, 15) is 15.0 Å². The zero-order valence-corrected chi connectivity index (χ0v) is 8.69. The summed E-state index contributed by atoms with van der Waals surface area (Å²) in [4.78, 5) is 17.7. The third-order valence-electron chi connectivity index (χ3n) is 2.18. The van der Waals surface area contributed by atoms with Crippen LogP contribution in [0.2, 0.25) is 0 Å². The van der Waals surface area contributed by atoms with Crippen molar-refractivity contribution >= 4 is 5.91 Å². The minimum atomic E-state index is -1.63. The van der Waals surface area contributed by atoms with Crippen LogP contribution in [0.15, 0.2) is 0 Å². The van der Waals surface area contributed by atoms with E-state index in [0.717, 1.165) is 0 Å². The Labute approximate surface area is 87.1 Å². The number of carbonyl (C=O) groups excluding carboxylic acids is 1. The van der Waals surface area contributed by atoms with Crippen LogP contribution in [-0.4, -0.2) is 32.2 Å². The third kappa shape index (κ3) is 2.34. The van der Waals surface area contributed by atoms with E-state index >= 15 is 0 Å². The van der Waals surface area contributed by atoms with Crippen molar-refractivity contribution in [1.82, 2.24) is 9.97 Å². The molecule has 0 aromatic carbocycles. The molecule has 2 unspecified atom stereocenters. The maximum atomic E-state index is 10.7. The van der Waals surface area contributed by atoms with E-state index in [2.05, 4.69) is 9.97 Å². The molecule has 0 fully saturated rings. The molecule has 0 aliphatic heterocycles. The maximum absolute atomic E-state index is 10.7. The number of hydrogen-bond acceptors (Lipinski definition) is 4. The number of aliphatic hydroxyl groups is 2. The van der Waals surface area contributed by atoms with E-state index in [1.54, 1.807) is 6.92 Å². The quantitative estimate of drug-likeness (QED) is 0.522. The maximum Gasteiger partial charge on any atom is 0.249 e. The second kappa shape index (κ2) is 4.41. The van der Waals surface area contributed by atoms with Crippen LogP contribution in [0.1, 0.15) is 30.2 Å². The monoisotopic (exact) mass is 213 g/mol. The molecule has 1 heterocycles. The Balaban J connectivity index is 2.94. The predicted octanol–water partition coefficient (Wildman–Crippen LogP) is -0.840. The van der Waals surface area contributed by atoms with E-state index in [0.29, 0.717) is 17.9 Å². The minimum absolute atomic E-state index is 0.262. The summed E-state index contributed by atoms with van der Waals surface area (Å²) < 4.78 is 0. The van der Waals surface area contributed by atoms with Crippen LogP contribution in [0.3, 0.4) is 0 Å². The molecule has 0 saturated carbocycles. The largest absolute Gasteiger partial charge is 0.383 e. The number of hydrogen-bond donors (Lipinski definition) is 4. The van der Waals surface area contributed by atoms with Crippen LogP contribution in [0.5, 0.6) is 0 Å². The van der Waals surface area contributed by atoms with Crippen molar-refractivity contribution in [2.75, 3.05) is 0 Å². The lowest BCUT2D eigenvalue weighted by Gasteiger charge is -2.12. The van der Waals surface area contributed by atoms with Crippen molar-refractivity contribution in [1.29, 1.82) is 0 Å². The first kappa shape index (κ1) is 11.7. The van der Waals surface area contributed by atoms with Gasteiger partial charge in [0.25, 0.3) is 0 Å². The van der Waals surface area contributed by atoms with E-state index in [1.807, 2.05) is 6.92 Å². The molecule has 0 saturated heterocycles. The van der Waals surface area contributed by atoms with E-state index < -0.39 is 18.1 Å². The van der Waals surface area contributed by atoms with Gasteiger partial charge in [-0.1, -0.05) is 6.92 Å². The van der Waals surface area contributed by atoms with Gasteiger partial charge in [-0.05, 0) is 6.92 Å². The molecule has 5 N–H and O–H groups in total. The highest BCUT2D eigenvalue weighted by Gasteiger charge is 2.27. The number of H-pyrrole nitrogens is 1. The van der Waals surface area contributed by atoms with Gasteiger partial charge >= 0.3 is 0 Å². The Morgan fingerprint density at radius 2 is 2.20 bits per heavy atom. The number of nitrogens with two attached hydrogens (primary N) is 1. The number of rotatable bonds is 4. The molecule has 84 valence electrons. The SMILES string of the molecule is CCc1nc(C(O)C(O)C(N)=O)c(C)[nH]1. The Kier molecular flexibility index (Phi) is 3.43. The molecule has 15 heavy (non-hydrogen) atoms. The molecule has 0 radical (unpaired) electrons. The highest BCUT2D eigenvalue weighted by atomic mass is 16.3. The summed E-state index contributed by atoms with van der Waals surface area (Å²) in [5.41, 5.74) is 5.76. The smallest absolute Gasteiger partial charge is 0.249 e. The first-order chi connectivity index (χ1) is 6.97. The van der Waals surface area contributed by atoms with Gasteiger partial charge in [0.1, 0.15) is 11.9 Å². The summed E-state index contributed by atoms with van der Waals surface area (Å²) in [6.07, 6.45) is -2.32. The highest BCUT2D eigenvalue weighted by molar-refractivity contribution is 5.79. The minimum Gasteiger partial charge on any atom is -0.383 e. The molecular formula is C9H15N3O3. The van der Waals surface area contributed by atoms with Crippen molar-refractivity contribution < 1.29 is 15.0 Å². The number of nitrogens with one attached hydrogen (secondary N) is 1. The number of amides is 1. The number of primary amides is 1. The number of aromatic nitrogens is 2. The number of nitrogens with zero attached hydrogens (tertiary/aromatic N) is 1. The number of aryl methyl sites for hydroxylation is 2. The molecule has 1 amide bonds. The van der Waals surface area contributed by atoms with Crippen molar-refractivity contribution in [3.63, 3.8) is 0 Å². The van der Waals surface area contributed by atoms with Crippen LogP contribution < -0.4 is 5.73 Å². The average molecular weight is 213 g/mol. The summed E-state index contributed by atoms with van der Waals surface area (Å²) >= 11 is 0. The number of carbonyl (C=O) groups is 1. The lowest BCUT2D eigenvalue weighted by molar-refractivity contribution is -0.132. The van der Waals surface area contributed by atoms with Crippen molar-refractivity contribution in [2.24, 2.45) is 5.73 Å². The van der Waals surface area contributed by atoms with Gasteiger partial charge in [-0.25, -0.2) is 4.98 Å². The summed E-state index contributed by atoms with van der Waals surface area (Å²) in [7, 11) is 0. The first-order valence-corrected chi connectivity index (χ1v) is 4.68. The van der Waals surface area contributed by atoms with Crippen molar-refractivity contribution in [2.45, 2.75) is 32.5 Å². The molecule has 6 nitrogen and oxygen atoms in total. The second-order valence-electron chi connectivity index (χ2n) is 3.34. The molecule has 0 spiro atoms. The van der Waals surface area contributed by atoms with Gasteiger partial charge in [0.2, 0.25) is 5.91 Å². The Hall–Kier alpha value is -1.40. The molecule has 2 atom stereocenters. The first-order valence-electron chi connectivity index (χ1n) is 4.68. The van der Waals surface area contributed by atoms with Gasteiger partial charge in [-0.15, -0.1) is 0 Å². The zero-order chi connectivity index (χ0) is 11.6. The van der Waals surface area contributed by atoms with Crippen LogP contribution in [-0.2, 0) is 11.2 Å². The van der Waals surface area contributed by atoms with Crippen LogP contribution in [0.4, 0.5) is 0 Å². The van der Waals surface area contributed by atoms with Crippen molar-refractivity contribution in [3.8, 4) is 0 Å². The predicted molar refractivity (Wildman–Crippen MR) is 52.9 cm³/mol. The molecule has 0 aliphatic carbocycles. The number of imidazole rings is 1. The molecule has 0 bridgehead atoms. The van der Waals surface area contributed by atoms with Gasteiger partial charge in [-0.2, -0.15) is 0 Å². The van der Waals surface area contributed by atoms with E-state index in [1.165, 1.54) is 0 Å². The molecule has 0 aliphatic rings. The molecule has 6 heteroatoms. The zero-order valence-electron chi connectivity index (χ0n) is 8.69. The van der Waals surface area contributed by atoms with Gasteiger partial charge in [0, 0.05) is 12.1 Å². The fourth-order valence-corrected chi connectivity index (χ4v) is 1.30. The van der Waals surface area contributed by atoms with Crippen LogP contribution in [0, 0.1) is 6.92 Å². The number of aromatic amines is 1. The summed E-state index contributed by atoms with van der Waals surface area (Å²) in [5, 5.41) is 18.9. The molecule has 1 aromatic rings. The fraction of sp³-hybridized carbons (Fsp3) is 0.556. The Morgan fingerprint density at radius 3 is 2.60 bits per heavy atom. The van der Waals surface area contributed by atoms with E-state index in [4.69, 9.17) is 5.73 Å². The Bertz CT molecular complexity index is 361. The molecule has 1 rings (SSSR count). The lowest BCUT2D eigenvalue weighted by Crippen LogP contribution is -2.34. The highest BCUT2D eigenvalue weighted by Crippen LogP contribution is 2.18. The molecule has 1 aromatic heterocycles. The second-order valence-corrected chi connectivity index (χ2v) is 3.34. The van der Waals surface area contributed by atoms with E-state index in [-0.39, 0.29) is 5.69 Å². The Morgan fingerprint density at radius 1 is 1.60 bits per heavy atom. The molecular weight excluding hydrogens is 198 g/mol. The van der Waals surface area contributed by atoms with Crippen molar-refractivity contribution in [3.05, 3.63) is 17.2 Å². The van der Waals surface area contributed by atoms with Gasteiger partial charge in [0.05, 0.1) is 5.69 Å². The van der Waals surface area contributed by atoms with Gasteiger partial charge in [-0.3, -0.25) is 4.79 Å². The fourth-order valence-electron chi connectivity index (χ4n) is 1.30. The van der Waals surface area contributed by atoms with Gasteiger partial charge < -0.3 is 20.9 Å². The number of aliphatic hydroxyl groups excluding tert-OH is 2.